The molecule has 174 valence electrons. The highest BCUT2D eigenvalue weighted by atomic mass is 16.5. The van der Waals surface area contributed by atoms with E-state index < -0.39 is 24.5 Å². The average Bonchev–Trinajstić information content (AvgIpc) is 3.16. The van der Waals surface area contributed by atoms with Crippen LogP contribution in [0.15, 0.2) is 66.7 Å². The summed E-state index contributed by atoms with van der Waals surface area (Å²) in [6.45, 7) is 1.88. The summed E-state index contributed by atoms with van der Waals surface area (Å²) in [7, 11) is 0. The van der Waals surface area contributed by atoms with E-state index in [0.717, 1.165) is 22.3 Å². The van der Waals surface area contributed by atoms with E-state index in [1.54, 1.807) is 12.1 Å². The maximum absolute atomic E-state index is 12.7. The van der Waals surface area contributed by atoms with E-state index in [1.165, 1.54) is 11.0 Å². The van der Waals surface area contributed by atoms with E-state index in [2.05, 4.69) is 22.4 Å². The fraction of sp³-hybridized carbons (Fsp3) is 0.231. The molecule has 0 unspecified atom stereocenters. The molecule has 8 nitrogen and oxygen atoms in total. The van der Waals surface area contributed by atoms with Crippen molar-refractivity contribution >= 4 is 23.8 Å². The van der Waals surface area contributed by atoms with E-state index in [1.807, 2.05) is 43.3 Å². The molecule has 2 aromatic carbocycles. The summed E-state index contributed by atoms with van der Waals surface area (Å²) in [4.78, 5) is 41.7. The molecule has 2 N–H and O–H groups in total. The summed E-state index contributed by atoms with van der Waals surface area (Å²) >= 11 is 0. The first-order chi connectivity index (χ1) is 16.5. The van der Waals surface area contributed by atoms with Crippen molar-refractivity contribution in [2.75, 3.05) is 25.0 Å². The Morgan fingerprint density at radius 3 is 2.24 bits per heavy atom. The number of nitrogens with one attached hydrogen (secondary N) is 1. The highest BCUT2D eigenvalue weighted by molar-refractivity contribution is 5.95. The summed E-state index contributed by atoms with van der Waals surface area (Å²) < 4.78 is 5.52. The Kier molecular flexibility index (Phi) is 6.87. The molecule has 4 rings (SSSR count). The van der Waals surface area contributed by atoms with Gasteiger partial charge < -0.3 is 14.7 Å². The lowest BCUT2D eigenvalue weighted by atomic mass is 9.98. The lowest BCUT2D eigenvalue weighted by molar-refractivity contribution is -0.137. The van der Waals surface area contributed by atoms with Gasteiger partial charge in [-0.3, -0.25) is 14.9 Å². The minimum Gasteiger partial charge on any atom is -0.480 e. The number of anilines is 1. The number of pyridine rings is 1. The molecule has 8 heteroatoms. The number of aromatic nitrogens is 1. The number of rotatable bonds is 8. The number of carboxylic acids is 1. The third-order valence-corrected chi connectivity index (χ3v) is 5.65. The smallest absolute Gasteiger partial charge is 0.412 e. The predicted octanol–water partition coefficient (Wildman–Crippen LogP) is 4.38. The Labute approximate surface area is 197 Å². The van der Waals surface area contributed by atoms with Crippen molar-refractivity contribution in [3.05, 3.63) is 83.6 Å². The van der Waals surface area contributed by atoms with Gasteiger partial charge in [-0.05, 0) is 40.8 Å². The van der Waals surface area contributed by atoms with Crippen LogP contribution in [-0.4, -0.2) is 52.7 Å². The van der Waals surface area contributed by atoms with Crippen LogP contribution in [0.5, 0.6) is 0 Å². The summed E-state index contributed by atoms with van der Waals surface area (Å²) in [5.74, 6) is -1.54. The van der Waals surface area contributed by atoms with Gasteiger partial charge in [0.1, 0.15) is 24.7 Å². The molecule has 1 aliphatic rings. The third-order valence-electron chi connectivity index (χ3n) is 5.65. The van der Waals surface area contributed by atoms with Crippen LogP contribution in [0.25, 0.3) is 11.1 Å². The van der Waals surface area contributed by atoms with Gasteiger partial charge in [0.05, 0.1) is 0 Å². The minimum atomic E-state index is -1.10. The predicted molar refractivity (Wildman–Crippen MR) is 127 cm³/mol. The van der Waals surface area contributed by atoms with Gasteiger partial charge in [-0.25, -0.2) is 9.78 Å². The monoisotopic (exact) mass is 459 g/mol. The van der Waals surface area contributed by atoms with Gasteiger partial charge in [-0.15, -0.1) is 0 Å². The van der Waals surface area contributed by atoms with Crippen molar-refractivity contribution in [3.8, 4) is 11.1 Å². The van der Waals surface area contributed by atoms with Crippen molar-refractivity contribution in [3.63, 3.8) is 0 Å². The zero-order valence-corrected chi connectivity index (χ0v) is 18.7. The maximum atomic E-state index is 12.7. The number of aliphatic carboxylic acids is 1. The van der Waals surface area contributed by atoms with Crippen LogP contribution in [0.1, 0.15) is 40.9 Å². The zero-order valence-electron chi connectivity index (χ0n) is 18.7. The van der Waals surface area contributed by atoms with Crippen LogP contribution in [0.2, 0.25) is 0 Å². The quantitative estimate of drug-likeness (QED) is 0.518. The average molecular weight is 460 g/mol. The molecule has 1 aromatic heterocycles. The second kappa shape index (κ2) is 10.2. The number of carbonyl (C=O) groups is 3. The van der Waals surface area contributed by atoms with E-state index in [-0.39, 0.29) is 30.6 Å². The summed E-state index contributed by atoms with van der Waals surface area (Å²) in [5.41, 5.74) is 4.54. The molecule has 0 aliphatic heterocycles. The van der Waals surface area contributed by atoms with Crippen LogP contribution in [0, 0.1) is 0 Å². The van der Waals surface area contributed by atoms with Gasteiger partial charge in [0.2, 0.25) is 0 Å². The highest BCUT2D eigenvalue weighted by Crippen LogP contribution is 2.44. The summed E-state index contributed by atoms with van der Waals surface area (Å²) in [5, 5.41) is 11.6. The van der Waals surface area contributed by atoms with Gasteiger partial charge in [-0.2, -0.15) is 0 Å². The molecule has 0 radical (unpaired) electrons. The van der Waals surface area contributed by atoms with Crippen LogP contribution in [-0.2, 0) is 9.53 Å². The van der Waals surface area contributed by atoms with E-state index in [0.29, 0.717) is 6.42 Å². The van der Waals surface area contributed by atoms with Gasteiger partial charge in [0, 0.05) is 12.5 Å². The maximum Gasteiger partial charge on any atom is 0.412 e. The van der Waals surface area contributed by atoms with Crippen molar-refractivity contribution < 1.29 is 24.2 Å². The molecule has 0 fully saturated rings. The first kappa shape index (κ1) is 23.0. The number of hydrogen-bond donors (Lipinski definition) is 2. The molecule has 0 bridgehead atoms. The first-order valence-electron chi connectivity index (χ1n) is 11.1. The Hall–Kier alpha value is -4.20. The Balaban J connectivity index is 1.42. The molecular formula is C26H25N3O5. The fourth-order valence-electron chi connectivity index (χ4n) is 4.21. The van der Waals surface area contributed by atoms with E-state index in [4.69, 9.17) is 9.84 Å². The number of amides is 2. The van der Waals surface area contributed by atoms with Crippen molar-refractivity contribution in [2.45, 2.75) is 19.3 Å². The largest absolute Gasteiger partial charge is 0.480 e. The third kappa shape index (κ3) is 4.91. The number of benzene rings is 2. The van der Waals surface area contributed by atoms with Gasteiger partial charge in [0.15, 0.2) is 0 Å². The van der Waals surface area contributed by atoms with Crippen LogP contribution >= 0.6 is 0 Å². The molecular weight excluding hydrogens is 434 g/mol. The Bertz CT molecular complexity index is 1180. The molecule has 0 saturated heterocycles. The van der Waals surface area contributed by atoms with Crippen LogP contribution in [0.4, 0.5) is 10.6 Å². The molecule has 0 atom stereocenters. The number of nitrogens with zero attached hydrogens (tertiary/aromatic N) is 2. The number of ether oxygens (including phenoxy) is 1. The second-order valence-corrected chi connectivity index (χ2v) is 7.98. The van der Waals surface area contributed by atoms with Gasteiger partial charge >= 0.3 is 12.1 Å². The van der Waals surface area contributed by atoms with Crippen LogP contribution < -0.4 is 5.32 Å². The lowest BCUT2D eigenvalue weighted by Crippen LogP contribution is -2.36. The number of hydrogen-bond acceptors (Lipinski definition) is 5. The van der Waals surface area contributed by atoms with Crippen molar-refractivity contribution in [1.82, 2.24) is 9.88 Å². The fourth-order valence-corrected chi connectivity index (χ4v) is 4.21. The number of carbonyl (C=O) groups excluding carboxylic acids is 2. The molecule has 1 heterocycles. The summed E-state index contributed by atoms with van der Waals surface area (Å²) in [6.07, 6.45) is -0.0774. The van der Waals surface area contributed by atoms with Crippen LogP contribution in [0.3, 0.4) is 0 Å². The standard InChI is InChI=1S/C26H25N3O5/c1-2-14-29(15-24(30)31)25(32)22-12-7-13-23(27-22)28-26(33)34-16-21-19-10-5-3-8-17(19)18-9-4-6-11-20(18)21/h3-13,21H,2,14-16H2,1H3,(H,30,31)(H,27,28,33). The normalized spacial score (nSPS) is 11.9. The first-order valence-corrected chi connectivity index (χ1v) is 11.1. The van der Waals surface area contributed by atoms with E-state index in [9.17, 15) is 14.4 Å². The summed E-state index contributed by atoms with van der Waals surface area (Å²) in [6, 6.07) is 20.7. The lowest BCUT2D eigenvalue weighted by Gasteiger charge is -2.19. The van der Waals surface area contributed by atoms with Gasteiger partial charge in [0.25, 0.3) is 5.91 Å². The van der Waals surface area contributed by atoms with E-state index >= 15 is 0 Å². The zero-order chi connectivity index (χ0) is 24.1. The number of fused-ring (bicyclic) bond motifs is 3. The minimum absolute atomic E-state index is 0.0474. The molecule has 2 amide bonds. The second-order valence-electron chi connectivity index (χ2n) is 7.98. The van der Waals surface area contributed by atoms with Gasteiger partial charge in [-0.1, -0.05) is 61.5 Å². The molecule has 3 aromatic rings. The van der Waals surface area contributed by atoms with Crippen molar-refractivity contribution in [2.24, 2.45) is 0 Å². The number of carboxylic acid groups (broad SMARTS) is 1. The molecule has 1 aliphatic carbocycles. The topological polar surface area (TPSA) is 109 Å². The van der Waals surface area contributed by atoms with Crippen molar-refractivity contribution in [1.29, 1.82) is 0 Å². The molecule has 34 heavy (non-hydrogen) atoms. The highest BCUT2D eigenvalue weighted by Gasteiger charge is 2.29. The molecule has 0 saturated carbocycles. The Morgan fingerprint density at radius 2 is 1.62 bits per heavy atom. The molecule has 0 spiro atoms. The Morgan fingerprint density at radius 1 is 0.971 bits per heavy atom. The SMILES string of the molecule is CCCN(CC(=O)O)C(=O)c1cccc(NC(=O)OCC2c3ccccc3-c3ccccc32)n1.